The minimum absolute atomic E-state index is 0.206. The van der Waals surface area contributed by atoms with Crippen molar-refractivity contribution in [3.63, 3.8) is 0 Å². The quantitative estimate of drug-likeness (QED) is 0.791. The van der Waals surface area contributed by atoms with Gasteiger partial charge in [0, 0.05) is 17.3 Å². The summed E-state index contributed by atoms with van der Waals surface area (Å²) in [5.41, 5.74) is 2.02. The molecule has 1 heterocycles. The van der Waals surface area contributed by atoms with E-state index >= 15 is 0 Å². The van der Waals surface area contributed by atoms with Crippen LogP contribution >= 0.6 is 0 Å². The summed E-state index contributed by atoms with van der Waals surface area (Å²) in [6, 6.07) is 14.6. The molecule has 3 nitrogen and oxygen atoms in total. The van der Waals surface area contributed by atoms with Gasteiger partial charge >= 0.3 is 0 Å². The highest BCUT2D eigenvalue weighted by molar-refractivity contribution is 5.92. The Labute approximate surface area is 122 Å². The standard InChI is InChI=1S/C17H16FN3/c1-12-15-4-2-3-5-16(15)17(21-20-12)19-11-10-13-6-8-14(18)9-7-13/h2-9H,10-11H2,1H3,(H,19,21). The van der Waals surface area contributed by atoms with E-state index in [1.165, 1.54) is 12.1 Å². The van der Waals surface area contributed by atoms with Crippen LogP contribution in [0.3, 0.4) is 0 Å². The van der Waals surface area contributed by atoms with Crippen LogP contribution in [0.2, 0.25) is 0 Å². The smallest absolute Gasteiger partial charge is 0.156 e. The molecule has 0 radical (unpaired) electrons. The van der Waals surface area contributed by atoms with Crippen LogP contribution in [-0.4, -0.2) is 16.7 Å². The molecule has 0 saturated heterocycles. The van der Waals surface area contributed by atoms with Gasteiger partial charge in [0.1, 0.15) is 5.82 Å². The van der Waals surface area contributed by atoms with Crippen molar-refractivity contribution < 1.29 is 4.39 Å². The topological polar surface area (TPSA) is 37.8 Å². The molecule has 21 heavy (non-hydrogen) atoms. The molecular formula is C17H16FN3. The highest BCUT2D eigenvalue weighted by Crippen LogP contribution is 2.22. The molecule has 2 aromatic carbocycles. The highest BCUT2D eigenvalue weighted by Gasteiger charge is 2.05. The van der Waals surface area contributed by atoms with E-state index in [9.17, 15) is 4.39 Å². The third kappa shape index (κ3) is 2.99. The van der Waals surface area contributed by atoms with E-state index in [0.29, 0.717) is 0 Å². The minimum Gasteiger partial charge on any atom is -0.368 e. The number of nitrogens with zero attached hydrogens (tertiary/aromatic N) is 2. The van der Waals surface area contributed by atoms with E-state index in [1.54, 1.807) is 12.1 Å². The summed E-state index contributed by atoms with van der Waals surface area (Å²) in [6.07, 6.45) is 0.810. The van der Waals surface area contributed by atoms with Gasteiger partial charge in [0.25, 0.3) is 0 Å². The van der Waals surface area contributed by atoms with Crippen molar-refractivity contribution in [1.82, 2.24) is 10.2 Å². The number of aryl methyl sites for hydroxylation is 1. The monoisotopic (exact) mass is 281 g/mol. The summed E-state index contributed by atoms with van der Waals surface area (Å²) in [5, 5.41) is 13.9. The first kappa shape index (κ1) is 13.5. The summed E-state index contributed by atoms with van der Waals surface area (Å²) in [4.78, 5) is 0. The number of rotatable bonds is 4. The van der Waals surface area contributed by atoms with E-state index in [4.69, 9.17) is 0 Å². The van der Waals surface area contributed by atoms with Gasteiger partial charge in [-0.05, 0) is 31.0 Å². The molecule has 4 heteroatoms. The lowest BCUT2D eigenvalue weighted by Gasteiger charge is -2.09. The van der Waals surface area contributed by atoms with E-state index < -0.39 is 0 Å². The van der Waals surface area contributed by atoms with Crippen molar-refractivity contribution in [1.29, 1.82) is 0 Å². The largest absolute Gasteiger partial charge is 0.368 e. The van der Waals surface area contributed by atoms with Crippen LogP contribution in [0.5, 0.6) is 0 Å². The molecule has 0 aliphatic rings. The zero-order valence-electron chi connectivity index (χ0n) is 11.8. The Morgan fingerprint density at radius 2 is 1.67 bits per heavy atom. The molecule has 0 saturated carbocycles. The minimum atomic E-state index is -0.206. The number of halogens is 1. The Hall–Kier alpha value is -2.49. The molecule has 0 fully saturated rings. The molecule has 0 unspecified atom stereocenters. The second-order valence-electron chi connectivity index (χ2n) is 4.98. The molecular weight excluding hydrogens is 265 g/mol. The maximum Gasteiger partial charge on any atom is 0.156 e. The van der Waals surface area contributed by atoms with Gasteiger partial charge < -0.3 is 5.32 Å². The van der Waals surface area contributed by atoms with Crippen molar-refractivity contribution in [3.05, 3.63) is 65.6 Å². The van der Waals surface area contributed by atoms with E-state index in [2.05, 4.69) is 15.5 Å². The van der Waals surface area contributed by atoms with Gasteiger partial charge in [-0.3, -0.25) is 0 Å². The molecule has 0 spiro atoms. The Balaban J connectivity index is 1.74. The normalized spacial score (nSPS) is 10.8. The van der Waals surface area contributed by atoms with Crippen molar-refractivity contribution in [2.24, 2.45) is 0 Å². The predicted octanol–water partition coefficient (Wildman–Crippen LogP) is 3.73. The number of hydrogen-bond donors (Lipinski definition) is 1. The van der Waals surface area contributed by atoms with Gasteiger partial charge in [0.05, 0.1) is 5.69 Å². The number of fused-ring (bicyclic) bond motifs is 1. The average molecular weight is 281 g/mol. The molecule has 106 valence electrons. The molecule has 3 aromatic rings. The summed E-state index contributed by atoms with van der Waals surface area (Å²) in [7, 11) is 0. The van der Waals surface area contributed by atoms with E-state index in [0.717, 1.165) is 40.8 Å². The van der Waals surface area contributed by atoms with Crippen LogP contribution in [-0.2, 0) is 6.42 Å². The van der Waals surface area contributed by atoms with Crippen LogP contribution < -0.4 is 5.32 Å². The zero-order valence-corrected chi connectivity index (χ0v) is 11.8. The molecule has 1 aromatic heterocycles. The van der Waals surface area contributed by atoms with Gasteiger partial charge in [-0.25, -0.2) is 4.39 Å². The number of anilines is 1. The van der Waals surface area contributed by atoms with Gasteiger partial charge in [-0.1, -0.05) is 36.4 Å². The Kier molecular flexibility index (Phi) is 3.77. The third-order valence-electron chi connectivity index (χ3n) is 3.49. The maximum atomic E-state index is 12.9. The van der Waals surface area contributed by atoms with Crippen molar-refractivity contribution in [2.75, 3.05) is 11.9 Å². The Bertz CT molecular complexity index is 754. The average Bonchev–Trinajstić information content (AvgIpc) is 2.52. The van der Waals surface area contributed by atoms with Crippen LogP contribution in [0.4, 0.5) is 10.2 Å². The molecule has 0 amide bonds. The summed E-state index contributed by atoms with van der Waals surface area (Å²) >= 11 is 0. The van der Waals surface area contributed by atoms with Crippen molar-refractivity contribution >= 4 is 16.6 Å². The summed E-state index contributed by atoms with van der Waals surface area (Å²) in [6.45, 7) is 2.69. The number of hydrogen-bond acceptors (Lipinski definition) is 3. The Morgan fingerprint density at radius 1 is 0.952 bits per heavy atom. The third-order valence-corrected chi connectivity index (χ3v) is 3.49. The summed E-state index contributed by atoms with van der Waals surface area (Å²) < 4.78 is 12.9. The first-order valence-electron chi connectivity index (χ1n) is 6.94. The van der Waals surface area contributed by atoms with Gasteiger partial charge in [0.15, 0.2) is 5.82 Å². The first-order valence-corrected chi connectivity index (χ1v) is 6.94. The molecule has 0 bridgehead atoms. The number of benzene rings is 2. The van der Waals surface area contributed by atoms with Crippen LogP contribution in [0.15, 0.2) is 48.5 Å². The fourth-order valence-corrected chi connectivity index (χ4v) is 2.34. The lowest BCUT2D eigenvalue weighted by molar-refractivity contribution is 0.627. The van der Waals surface area contributed by atoms with Gasteiger partial charge in [-0.15, -0.1) is 5.10 Å². The van der Waals surface area contributed by atoms with Crippen molar-refractivity contribution in [3.8, 4) is 0 Å². The second kappa shape index (κ2) is 5.87. The lowest BCUT2D eigenvalue weighted by Crippen LogP contribution is -2.08. The van der Waals surface area contributed by atoms with E-state index in [-0.39, 0.29) is 5.82 Å². The van der Waals surface area contributed by atoms with Crippen molar-refractivity contribution in [2.45, 2.75) is 13.3 Å². The molecule has 0 aliphatic carbocycles. The molecule has 0 atom stereocenters. The SMILES string of the molecule is Cc1nnc(NCCc2ccc(F)cc2)c2ccccc12. The van der Waals surface area contributed by atoms with E-state index in [1.807, 2.05) is 31.2 Å². The molecule has 0 aliphatic heterocycles. The Morgan fingerprint density at radius 3 is 2.43 bits per heavy atom. The van der Waals surface area contributed by atoms with Crippen LogP contribution in [0, 0.1) is 12.7 Å². The number of aromatic nitrogens is 2. The summed E-state index contributed by atoms with van der Waals surface area (Å²) in [5.74, 6) is 0.584. The highest BCUT2D eigenvalue weighted by atomic mass is 19.1. The first-order chi connectivity index (χ1) is 10.2. The second-order valence-corrected chi connectivity index (χ2v) is 4.98. The van der Waals surface area contributed by atoms with Crippen LogP contribution in [0.25, 0.3) is 10.8 Å². The van der Waals surface area contributed by atoms with Gasteiger partial charge in [0.2, 0.25) is 0 Å². The fraction of sp³-hybridized carbons (Fsp3) is 0.176. The lowest BCUT2D eigenvalue weighted by atomic mass is 10.1. The fourth-order valence-electron chi connectivity index (χ4n) is 2.34. The van der Waals surface area contributed by atoms with Gasteiger partial charge in [-0.2, -0.15) is 5.10 Å². The predicted molar refractivity (Wildman–Crippen MR) is 82.9 cm³/mol. The molecule has 1 N–H and O–H groups in total. The molecule has 3 rings (SSSR count). The maximum absolute atomic E-state index is 12.9. The van der Waals surface area contributed by atoms with Crippen LogP contribution in [0.1, 0.15) is 11.3 Å². The number of nitrogens with one attached hydrogen (secondary N) is 1. The zero-order chi connectivity index (χ0) is 14.7.